The Labute approximate surface area is 185 Å². The third kappa shape index (κ3) is 8.47. The molecule has 0 amide bonds. The van der Waals surface area contributed by atoms with Crippen LogP contribution in [0, 0.1) is 6.92 Å². The van der Waals surface area contributed by atoms with E-state index in [1.54, 1.807) is 13.0 Å². The third-order valence-corrected chi connectivity index (χ3v) is 5.17. The Kier molecular flexibility index (Phi) is 9.14. The maximum atomic E-state index is 12.4. The first-order chi connectivity index (χ1) is 14.6. The molecule has 0 saturated heterocycles. The molecule has 1 aliphatic rings. The monoisotopic (exact) mass is 449 g/mol. The van der Waals surface area contributed by atoms with Crippen LogP contribution in [0.3, 0.4) is 0 Å². The van der Waals surface area contributed by atoms with Crippen molar-refractivity contribution in [2.24, 2.45) is 0 Å². The van der Waals surface area contributed by atoms with Crippen molar-refractivity contribution in [3.05, 3.63) is 46.0 Å². The van der Waals surface area contributed by atoms with Crippen molar-refractivity contribution in [2.75, 3.05) is 0 Å². The summed E-state index contributed by atoms with van der Waals surface area (Å²) in [6.07, 6.45) is 3.48. The minimum atomic E-state index is -1.18. The van der Waals surface area contributed by atoms with Crippen LogP contribution in [0.25, 0.3) is 6.08 Å². The van der Waals surface area contributed by atoms with Crippen LogP contribution < -0.4 is 0 Å². The van der Waals surface area contributed by atoms with Crippen molar-refractivity contribution >= 4 is 35.3 Å². The van der Waals surface area contributed by atoms with Crippen LogP contribution in [0.2, 0.25) is 0 Å². The smallest absolute Gasteiger partial charge is 0.330 e. The summed E-state index contributed by atoms with van der Waals surface area (Å²) in [6, 6.07) is 0. The van der Waals surface area contributed by atoms with E-state index in [4.69, 9.17) is 14.2 Å². The predicted molar refractivity (Wildman–Crippen MR) is 115 cm³/mol. The Balaban J connectivity index is 2.23. The second kappa shape index (κ2) is 11.6. The van der Waals surface area contributed by atoms with E-state index in [2.05, 4.69) is 4.98 Å². The van der Waals surface area contributed by atoms with Gasteiger partial charge in [0.2, 0.25) is 0 Å². The molecule has 1 unspecified atom stereocenters. The first-order valence-corrected chi connectivity index (χ1v) is 10.8. The van der Waals surface area contributed by atoms with Crippen LogP contribution >= 0.6 is 11.3 Å². The lowest BCUT2D eigenvalue weighted by Crippen LogP contribution is -2.27. The van der Waals surface area contributed by atoms with E-state index in [9.17, 15) is 19.5 Å². The second-order valence-electron chi connectivity index (χ2n) is 7.24. The summed E-state index contributed by atoms with van der Waals surface area (Å²) >= 11 is 1.51. The molecule has 0 fully saturated rings. The second-order valence-corrected chi connectivity index (χ2v) is 8.30. The first-order valence-electron chi connectivity index (χ1n) is 9.88. The number of ether oxygens (including phenoxy) is 3. The summed E-state index contributed by atoms with van der Waals surface area (Å²) < 4.78 is 15.8. The van der Waals surface area contributed by atoms with Crippen molar-refractivity contribution in [2.45, 2.75) is 65.0 Å². The number of hydrogen-bond donors (Lipinski definition) is 1. The zero-order chi connectivity index (χ0) is 23.0. The highest BCUT2D eigenvalue weighted by atomic mass is 32.1. The lowest BCUT2D eigenvalue weighted by Gasteiger charge is -2.20. The van der Waals surface area contributed by atoms with Gasteiger partial charge in [0.1, 0.15) is 24.4 Å². The highest BCUT2D eigenvalue weighted by molar-refractivity contribution is 7.09. The van der Waals surface area contributed by atoms with Crippen molar-refractivity contribution in [1.82, 2.24) is 4.98 Å². The fraction of sp³-hybridized carbons (Fsp3) is 0.455. The van der Waals surface area contributed by atoms with Gasteiger partial charge < -0.3 is 19.3 Å². The van der Waals surface area contributed by atoms with Gasteiger partial charge in [-0.3, -0.25) is 4.79 Å². The number of aliphatic hydroxyl groups excluding tert-OH is 1. The predicted octanol–water partition coefficient (Wildman–Crippen LogP) is 2.90. The van der Waals surface area contributed by atoms with Gasteiger partial charge in [-0.25, -0.2) is 14.6 Å². The maximum Gasteiger partial charge on any atom is 0.330 e. The molecule has 0 saturated carbocycles. The van der Waals surface area contributed by atoms with Gasteiger partial charge in [0.05, 0.1) is 17.1 Å². The van der Waals surface area contributed by atoms with E-state index < -0.39 is 42.3 Å². The van der Waals surface area contributed by atoms with Gasteiger partial charge in [-0.15, -0.1) is 11.3 Å². The van der Waals surface area contributed by atoms with Gasteiger partial charge in [-0.05, 0) is 45.4 Å². The number of carbonyl (C=O) groups excluding carboxylic acids is 3. The maximum absolute atomic E-state index is 12.4. The number of aryl methyl sites for hydroxylation is 1. The molecule has 4 atom stereocenters. The van der Waals surface area contributed by atoms with E-state index in [0.717, 1.165) is 22.4 Å². The Bertz CT molecular complexity index is 886. The van der Waals surface area contributed by atoms with Crippen LogP contribution in [0.1, 0.15) is 44.3 Å². The van der Waals surface area contributed by atoms with E-state index in [-0.39, 0.29) is 12.8 Å². The zero-order valence-corrected chi connectivity index (χ0v) is 18.8. The number of hydrogen-bond acceptors (Lipinski definition) is 9. The largest absolute Gasteiger partial charge is 0.459 e. The number of carbonyl (C=O) groups is 3. The van der Waals surface area contributed by atoms with Crippen LogP contribution in [0.5, 0.6) is 0 Å². The molecule has 1 aliphatic heterocycles. The summed E-state index contributed by atoms with van der Waals surface area (Å²) in [5.41, 5.74) is 1.50. The minimum absolute atomic E-state index is 0.135. The van der Waals surface area contributed by atoms with Crippen LogP contribution in [0.15, 0.2) is 35.3 Å². The molecule has 168 valence electrons. The van der Waals surface area contributed by atoms with Crippen molar-refractivity contribution in [3.63, 3.8) is 0 Å². The standard InChI is InChI=1S/C22H27NO7S/c1-13(10-17-12-31-16(4)23-17)19-6-5-7-20(25)29-15(3)18(24)8-9-21(26)28-14(2)11-22(27)30-19/h5,7-10,12,14-15,18-19,24H,6,11H2,1-4H3/b7-5+,9-8+,13-10+/t14-,15-,18+,19?/m0/s1. The van der Waals surface area contributed by atoms with Gasteiger partial charge in [-0.1, -0.05) is 6.08 Å². The Hall–Kier alpha value is -2.78. The van der Waals surface area contributed by atoms with Crippen molar-refractivity contribution < 1.29 is 33.7 Å². The van der Waals surface area contributed by atoms with Gasteiger partial charge in [0, 0.05) is 24.0 Å². The number of rotatable bonds is 2. The molecule has 0 aliphatic carbocycles. The molecular formula is C22H27NO7S. The SMILES string of the molecule is C/C(=C\c1csc(C)n1)C1C/C=C/C(=O)O[C@@H](C)[C@H](O)/C=C/C(=O)O[C@@H](C)CC(=O)O1. The Morgan fingerprint density at radius 2 is 1.87 bits per heavy atom. The van der Waals surface area contributed by atoms with Crippen molar-refractivity contribution in [1.29, 1.82) is 0 Å². The number of nitrogens with zero attached hydrogens (tertiary/aromatic N) is 1. The first kappa shape index (κ1) is 24.5. The molecule has 2 rings (SSSR count). The normalized spacial score (nSPS) is 28.9. The fourth-order valence-electron chi connectivity index (χ4n) is 2.73. The lowest BCUT2D eigenvalue weighted by molar-refractivity contribution is -0.153. The number of aromatic nitrogens is 1. The molecule has 9 heteroatoms. The number of aliphatic hydroxyl groups is 1. The molecule has 1 N–H and O–H groups in total. The lowest BCUT2D eigenvalue weighted by atomic mass is 10.1. The van der Waals surface area contributed by atoms with E-state index in [1.807, 2.05) is 25.3 Å². The van der Waals surface area contributed by atoms with E-state index >= 15 is 0 Å². The third-order valence-electron chi connectivity index (χ3n) is 4.38. The average molecular weight is 450 g/mol. The summed E-state index contributed by atoms with van der Waals surface area (Å²) in [4.78, 5) is 40.7. The molecule has 0 bridgehead atoms. The summed E-state index contributed by atoms with van der Waals surface area (Å²) in [5, 5.41) is 12.8. The molecule has 0 spiro atoms. The van der Waals surface area contributed by atoms with Crippen LogP contribution in [0.4, 0.5) is 0 Å². The highest BCUT2D eigenvalue weighted by Gasteiger charge is 2.21. The quantitative estimate of drug-likeness (QED) is 0.542. The zero-order valence-electron chi connectivity index (χ0n) is 17.9. The molecule has 0 radical (unpaired) electrons. The van der Waals surface area contributed by atoms with Crippen molar-refractivity contribution in [3.8, 4) is 0 Å². The minimum Gasteiger partial charge on any atom is -0.459 e. The molecule has 31 heavy (non-hydrogen) atoms. The molecule has 1 aromatic rings. The summed E-state index contributed by atoms with van der Waals surface area (Å²) in [5.74, 6) is -1.94. The molecule has 8 nitrogen and oxygen atoms in total. The fourth-order valence-corrected chi connectivity index (χ4v) is 3.30. The van der Waals surface area contributed by atoms with E-state index in [1.165, 1.54) is 30.4 Å². The summed E-state index contributed by atoms with van der Waals surface area (Å²) in [7, 11) is 0. The topological polar surface area (TPSA) is 112 Å². The van der Waals surface area contributed by atoms with Gasteiger partial charge in [-0.2, -0.15) is 0 Å². The number of cyclic esters (lactones) is 3. The number of esters is 3. The average Bonchev–Trinajstić information content (AvgIpc) is 3.08. The van der Waals surface area contributed by atoms with E-state index in [0.29, 0.717) is 0 Å². The number of thiazole rings is 1. The highest BCUT2D eigenvalue weighted by Crippen LogP contribution is 2.19. The molecule has 1 aromatic heterocycles. The Morgan fingerprint density at radius 3 is 2.55 bits per heavy atom. The molecule has 2 heterocycles. The molecule has 0 aromatic carbocycles. The van der Waals surface area contributed by atoms with Gasteiger partial charge in [0.25, 0.3) is 0 Å². The molecular weight excluding hydrogens is 422 g/mol. The summed E-state index contributed by atoms with van der Waals surface area (Å²) in [6.45, 7) is 6.79. The Morgan fingerprint density at radius 1 is 1.16 bits per heavy atom. The van der Waals surface area contributed by atoms with Gasteiger partial charge >= 0.3 is 17.9 Å². The van der Waals surface area contributed by atoms with Crippen LogP contribution in [-0.4, -0.2) is 52.4 Å². The van der Waals surface area contributed by atoms with Gasteiger partial charge in [0.15, 0.2) is 0 Å². The van der Waals surface area contributed by atoms with Crippen LogP contribution in [-0.2, 0) is 28.6 Å².